The average Bonchev–Trinajstić information content (AvgIpc) is 2.47. The Labute approximate surface area is 83.0 Å². The number of fused-ring (bicyclic) bond motifs is 1. The summed E-state index contributed by atoms with van der Waals surface area (Å²) in [6.45, 7) is 0. The molecule has 0 aliphatic rings. The van der Waals surface area contributed by atoms with E-state index in [0.717, 1.165) is 11.3 Å². The number of nitrogens with zero attached hydrogens (tertiary/aromatic N) is 1. The first kappa shape index (κ1) is 8.76. The second-order valence-electron chi connectivity index (χ2n) is 2.74. The molecule has 0 saturated heterocycles. The molecule has 0 unspecified atom stereocenters. The van der Waals surface area contributed by atoms with Crippen LogP contribution in [0, 0.1) is 0 Å². The van der Waals surface area contributed by atoms with Gasteiger partial charge in [0.05, 0.1) is 16.0 Å². The molecule has 5 nitrogen and oxygen atoms in total. The molecular weight excluding hydrogens is 202 g/mol. The number of benzene rings is 1. The van der Waals surface area contributed by atoms with E-state index < -0.39 is 5.97 Å². The minimum atomic E-state index is -1.00. The Bertz CT molecular complexity index is 521. The van der Waals surface area contributed by atoms with Gasteiger partial charge in [0.25, 0.3) is 0 Å². The number of aromatic nitrogens is 1. The van der Waals surface area contributed by atoms with Gasteiger partial charge in [-0.1, -0.05) is 11.3 Å². The van der Waals surface area contributed by atoms with E-state index in [4.69, 9.17) is 16.6 Å². The average molecular weight is 209 g/mol. The van der Waals surface area contributed by atoms with Gasteiger partial charge in [-0.25, -0.2) is 9.78 Å². The van der Waals surface area contributed by atoms with E-state index in [1.54, 1.807) is 0 Å². The minimum absolute atomic E-state index is 0.184. The summed E-state index contributed by atoms with van der Waals surface area (Å²) in [5.41, 5.74) is 12.2. The number of aromatic carboxylic acids is 1. The first-order valence-corrected chi connectivity index (χ1v) is 4.59. The number of anilines is 2. The Morgan fingerprint density at radius 1 is 1.43 bits per heavy atom. The van der Waals surface area contributed by atoms with Crippen LogP contribution < -0.4 is 11.5 Å². The van der Waals surface area contributed by atoms with Crippen molar-refractivity contribution in [3.8, 4) is 0 Å². The molecule has 0 fully saturated rings. The molecule has 2 rings (SSSR count). The smallest absolute Gasteiger partial charge is 0.337 e. The van der Waals surface area contributed by atoms with E-state index in [0.29, 0.717) is 21.0 Å². The largest absolute Gasteiger partial charge is 0.478 e. The molecule has 0 bridgehead atoms. The predicted octanol–water partition coefficient (Wildman–Crippen LogP) is 1.16. The molecule has 1 aromatic carbocycles. The van der Waals surface area contributed by atoms with Crippen LogP contribution in [0.3, 0.4) is 0 Å². The fourth-order valence-corrected chi connectivity index (χ4v) is 2.08. The highest BCUT2D eigenvalue weighted by atomic mass is 32.1. The lowest BCUT2D eigenvalue weighted by molar-refractivity contribution is 0.0699. The maximum absolute atomic E-state index is 10.8. The third kappa shape index (κ3) is 1.16. The number of rotatable bonds is 1. The quantitative estimate of drug-likeness (QED) is 0.611. The van der Waals surface area contributed by atoms with Gasteiger partial charge in [-0.05, 0) is 12.1 Å². The zero-order chi connectivity index (χ0) is 10.3. The number of hydrogen-bond donors (Lipinski definition) is 3. The molecular formula is C8H7N3O2S. The Kier molecular flexibility index (Phi) is 1.78. The second kappa shape index (κ2) is 2.85. The Morgan fingerprint density at radius 3 is 2.79 bits per heavy atom. The summed E-state index contributed by atoms with van der Waals surface area (Å²) in [6, 6.07) is 2.97. The van der Waals surface area contributed by atoms with Crippen LogP contribution in [0.1, 0.15) is 10.4 Å². The molecule has 1 aromatic heterocycles. The molecule has 1 heterocycles. The maximum atomic E-state index is 10.8. The van der Waals surface area contributed by atoms with Gasteiger partial charge < -0.3 is 16.6 Å². The van der Waals surface area contributed by atoms with Crippen molar-refractivity contribution in [2.24, 2.45) is 0 Å². The normalized spacial score (nSPS) is 10.6. The van der Waals surface area contributed by atoms with Gasteiger partial charge in [-0.2, -0.15) is 0 Å². The van der Waals surface area contributed by atoms with Gasteiger partial charge in [-0.3, -0.25) is 0 Å². The maximum Gasteiger partial charge on any atom is 0.337 e. The number of carbonyl (C=O) groups is 1. The van der Waals surface area contributed by atoms with E-state index in [1.165, 1.54) is 12.1 Å². The fraction of sp³-hybridized carbons (Fsp3) is 0. The molecule has 2 aromatic rings. The highest BCUT2D eigenvalue weighted by molar-refractivity contribution is 7.22. The van der Waals surface area contributed by atoms with Crippen LogP contribution in [0.25, 0.3) is 10.2 Å². The van der Waals surface area contributed by atoms with Crippen LogP contribution >= 0.6 is 11.3 Å². The van der Waals surface area contributed by atoms with Gasteiger partial charge >= 0.3 is 5.97 Å². The fourth-order valence-electron chi connectivity index (χ4n) is 1.21. The second-order valence-corrected chi connectivity index (χ2v) is 3.77. The Hall–Kier alpha value is -1.82. The molecule has 0 aliphatic heterocycles. The van der Waals surface area contributed by atoms with Gasteiger partial charge in [-0.15, -0.1) is 0 Å². The van der Waals surface area contributed by atoms with E-state index in [1.807, 2.05) is 0 Å². The van der Waals surface area contributed by atoms with Crippen LogP contribution in [0.4, 0.5) is 10.8 Å². The summed E-state index contributed by atoms with van der Waals surface area (Å²) >= 11 is 1.13. The Morgan fingerprint density at radius 2 is 2.14 bits per heavy atom. The molecule has 0 atom stereocenters. The summed E-state index contributed by atoms with van der Waals surface area (Å²) in [4.78, 5) is 14.8. The van der Waals surface area contributed by atoms with Crippen molar-refractivity contribution in [3.63, 3.8) is 0 Å². The van der Waals surface area contributed by atoms with Crippen LogP contribution in [0.5, 0.6) is 0 Å². The van der Waals surface area contributed by atoms with E-state index >= 15 is 0 Å². The van der Waals surface area contributed by atoms with Gasteiger partial charge in [0.1, 0.15) is 5.52 Å². The Balaban J connectivity index is 2.87. The van der Waals surface area contributed by atoms with Crippen molar-refractivity contribution in [3.05, 3.63) is 17.7 Å². The van der Waals surface area contributed by atoms with Gasteiger partial charge in [0.15, 0.2) is 5.13 Å². The molecule has 5 N–H and O–H groups in total. The predicted molar refractivity (Wildman–Crippen MR) is 55.4 cm³/mol. The first-order chi connectivity index (χ1) is 6.59. The summed E-state index contributed by atoms with van der Waals surface area (Å²) in [6.07, 6.45) is 0. The third-order valence-corrected chi connectivity index (χ3v) is 2.74. The zero-order valence-electron chi connectivity index (χ0n) is 7.02. The molecule has 72 valence electrons. The number of carboxylic acids is 1. The molecule has 6 heteroatoms. The summed E-state index contributed by atoms with van der Waals surface area (Å²) in [7, 11) is 0. The number of nitrogen functional groups attached to an aromatic ring is 2. The highest BCUT2D eigenvalue weighted by Gasteiger charge is 2.13. The topological polar surface area (TPSA) is 102 Å². The molecule has 0 aliphatic carbocycles. The van der Waals surface area contributed by atoms with Crippen LogP contribution in [0.2, 0.25) is 0 Å². The lowest BCUT2D eigenvalue weighted by Gasteiger charge is -1.97. The molecule has 0 amide bonds. The molecule has 0 saturated carbocycles. The third-order valence-electron chi connectivity index (χ3n) is 1.82. The minimum Gasteiger partial charge on any atom is -0.478 e. The lowest BCUT2D eigenvalue weighted by Crippen LogP contribution is -1.97. The van der Waals surface area contributed by atoms with E-state index in [2.05, 4.69) is 4.98 Å². The zero-order valence-corrected chi connectivity index (χ0v) is 7.84. The van der Waals surface area contributed by atoms with Crippen LogP contribution in [-0.2, 0) is 0 Å². The van der Waals surface area contributed by atoms with Crippen LogP contribution in [0.15, 0.2) is 12.1 Å². The van der Waals surface area contributed by atoms with Crippen molar-refractivity contribution in [1.29, 1.82) is 0 Å². The molecule has 0 radical (unpaired) electrons. The summed E-state index contributed by atoms with van der Waals surface area (Å²) in [5.74, 6) is -1.00. The lowest BCUT2D eigenvalue weighted by atomic mass is 10.2. The van der Waals surface area contributed by atoms with Gasteiger partial charge in [0, 0.05) is 0 Å². The van der Waals surface area contributed by atoms with E-state index in [9.17, 15) is 4.79 Å². The monoisotopic (exact) mass is 209 g/mol. The number of nitrogens with two attached hydrogens (primary N) is 2. The summed E-state index contributed by atoms with van der Waals surface area (Å²) in [5, 5.41) is 9.20. The van der Waals surface area contributed by atoms with Crippen molar-refractivity contribution in [1.82, 2.24) is 4.98 Å². The van der Waals surface area contributed by atoms with Crippen LogP contribution in [-0.4, -0.2) is 16.1 Å². The number of thiazole rings is 1. The molecule has 0 spiro atoms. The number of hydrogen-bond acceptors (Lipinski definition) is 5. The highest BCUT2D eigenvalue weighted by Crippen LogP contribution is 2.31. The van der Waals surface area contributed by atoms with Crippen molar-refractivity contribution < 1.29 is 9.90 Å². The standard InChI is InChI=1S/C8H7N3O2S/c9-4-2-1-3(7(12)13)6-5(4)11-8(10)14-6/h1-2H,9H2,(H2,10,11)(H,12,13). The summed E-state index contributed by atoms with van der Waals surface area (Å²) < 4.78 is 0.523. The van der Waals surface area contributed by atoms with Crippen molar-refractivity contribution in [2.45, 2.75) is 0 Å². The SMILES string of the molecule is Nc1nc2c(N)ccc(C(=O)O)c2s1. The van der Waals surface area contributed by atoms with Gasteiger partial charge in [0.2, 0.25) is 0 Å². The molecule has 14 heavy (non-hydrogen) atoms. The first-order valence-electron chi connectivity index (χ1n) is 3.77. The van der Waals surface area contributed by atoms with Crippen molar-refractivity contribution in [2.75, 3.05) is 11.5 Å². The number of carboxylic acid groups (broad SMARTS) is 1. The van der Waals surface area contributed by atoms with Crippen molar-refractivity contribution >= 4 is 38.3 Å². The van der Waals surface area contributed by atoms with E-state index in [-0.39, 0.29) is 5.56 Å².